The maximum atomic E-state index is 12.6. The summed E-state index contributed by atoms with van der Waals surface area (Å²) in [6.45, 7) is 1.85. The molecule has 3 nitrogen and oxygen atoms in total. The Morgan fingerprint density at radius 3 is 2.43 bits per heavy atom. The van der Waals surface area contributed by atoms with E-state index in [9.17, 15) is 13.2 Å². The molecule has 0 heterocycles. The number of hydrogen-bond acceptors (Lipinski definition) is 3. The van der Waals surface area contributed by atoms with Gasteiger partial charge in [0.15, 0.2) is 0 Å². The van der Waals surface area contributed by atoms with Crippen molar-refractivity contribution in [3.05, 3.63) is 53.1 Å². The highest BCUT2D eigenvalue weighted by molar-refractivity contribution is 5.70. The Balaban J connectivity index is 2.36. The van der Waals surface area contributed by atoms with E-state index in [4.69, 9.17) is 11.0 Å². The van der Waals surface area contributed by atoms with Crippen LogP contribution in [-0.2, 0) is 6.18 Å². The van der Waals surface area contributed by atoms with E-state index in [2.05, 4.69) is 5.32 Å². The molecule has 0 unspecified atom stereocenters. The Morgan fingerprint density at radius 1 is 1.14 bits per heavy atom. The summed E-state index contributed by atoms with van der Waals surface area (Å²) in [4.78, 5) is 0. The first-order valence-electron chi connectivity index (χ1n) is 6.06. The molecule has 0 fully saturated rings. The van der Waals surface area contributed by atoms with Crippen LogP contribution in [0.5, 0.6) is 0 Å². The van der Waals surface area contributed by atoms with Gasteiger partial charge in [-0.3, -0.25) is 0 Å². The third-order valence-electron chi connectivity index (χ3n) is 3.03. The zero-order valence-electron chi connectivity index (χ0n) is 11.1. The number of nitrogens with two attached hydrogens (primary N) is 1. The van der Waals surface area contributed by atoms with E-state index >= 15 is 0 Å². The molecule has 6 heteroatoms. The number of aryl methyl sites for hydroxylation is 1. The summed E-state index contributed by atoms with van der Waals surface area (Å²) in [5.41, 5.74) is 7.20. The molecule has 0 aliphatic rings. The second-order valence-electron chi connectivity index (χ2n) is 4.57. The normalized spacial score (nSPS) is 11.0. The lowest BCUT2D eigenvalue weighted by Gasteiger charge is -2.12. The molecular weight excluding hydrogens is 279 g/mol. The maximum absolute atomic E-state index is 12.6. The molecule has 0 saturated heterocycles. The van der Waals surface area contributed by atoms with Gasteiger partial charge >= 0.3 is 6.18 Å². The fourth-order valence-corrected chi connectivity index (χ4v) is 1.80. The van der Waals surface area contributed by atoms with Crippen LogP contribution in [0.1, 0.15) is 16.7 Å². The van der Waals surface area contributed by atoms with Gasteiger partial charge in [-0.05, 0) is 42.8 Å². The summed E-state index contributed by atoms with van der Waals surface area (Å²) in [6, 6.07) is 9.93. The van der Waals surface area contributed by atoms with Gasteiger partial charge < -0.3 is 11.1 Å². The van der Waals surface area contributed by atoms with E-state index in [1.807, 2.05) is 6.92 Å². The topological polar surface area (TPSA) is 61.8 Å². The second-order valence-corrected chi connectivity index (χ2v) is 4.57. The van der Waals surface area contributed by atoms with Crippen molar-refractivity contribution in [1.82, 2.24) is 0 Å². The number of halogens is 3. The van der Waals surface area contributed by atoms with Crippen LogP contribution in [0, 0.1) is 18.3 Å². The first-order chi connectivity index (χ1) is 9.81. The molecule has 2 rings (SSSR count). The lowest BCUT2D eigenvalue weighted by Crippen LogP contribution is -2.06. The minimum absolute atomic E-state index is 0.0797. The molecule has 0 aliphatic heterocycles. The molecule has 108 valence electrons. The zero-order valence-corrected chi connectivity index (χ0v) is 11.1. The number of nitriles is 1. The third-order valence-corrected chi connectivity index (χ3v) is 3.03. The van der Waals surface area contributed by atoms with Gasteiger partial charge in [0, 0.05) is 11.4 Å². The van der Waals surface area contributed by atoms with Crippen LogP contribution in [0.4, 0.5) is 30.2 Å². The van der Waals surface area contributed by atoms with E-state index in [-0.39, 0.29) is 5.56 Å². The van der Waals surface area contributed by atoms with Gasteiger partial charge in [-0.25, -0.2) is 0 Å². The number of rotatable bonds is 2. The third kappa shape index (κ3) is 3.26. The Bertz CT molecular complexity index is 715. The minimum Gasteiger partial charge on any atom is -0.398 e. The van der Waals surface area contributed by atoms with Crippen molar-refractivity contribution in [3.8, 4) is 6.07 Å². The van der Waals surface area contributed by atoms with E-state index in [1.54, 1.807) is 24.3 Å². The number of nitrogens with zero attached hydrogens (tertiary/aromatic N) is 1. The van der Waals surface area contributed by atoms with Crippen LogP contribution in [0.15, 0.2) is 36.4 Å². The van der Waals surface area contributed by atoms with Crippen molar-refractivity contribution in [3.63, 3.8) is 0 Å². The van der Waals surface area contributed by atoms with Crippen LogP contribution < -0.4 is 11.1 Å². The molecule has 0 amide bonds. The lowest BCUT2D eigenvalue weighted by molar-refractivity contribution is -0.137. The molecular formula is C15H12F3N3. The summed E-state index contributed by atoms with van der Waals surface area (Å²) in [6.07, 6.45) is -4.47. The maximum Gasteiger partial charge on any atom is 0.416 e. The lowest BCUT2D eigenvalue weighted by atomic mass is 10.1. The summed E-state index contributed by atoms with van der Waals surface area (Å²) in [5, 5.41) is 11.9. The first kappa shape index (κ1) is 14.7. The predicted octanol–water partition coefficient (Wildman–Crippen LogP) is 4.21. The van der Waals surface area contributed by atoms with Crippen molar-refractivity contribution in [1.29, 1.82) is 5.26 Å². The molecule has 0 saturated carbocycles. The summed E-state index contributed by atoms with van der Waals surface area (Å²) < 4.78 is 37.8. The van der Waals surface area contributed by atoms with E-state index in [1.165, 1.54) is 6.07 Å². The van der Waals surface area contributed by atoms with E-state index < -0.39 is 11.7 Å². The van der Waals surface area contributed by atoms with Gasteiger partial charge in [0.05, 0.1) is 16.8 Å². The Kier molecular flexibility index (Phi) is 3.76. The molecule has 0 aliphatic carbocycles. The van der Waals surface area contributed by atoms with Crippen LogP contribution in [-0.4, -0.2) is 0 Å². The summed E-state index contributed by atoms with van der Waals surface area (Å²) in [7, 11) is 0. The average Bonchev–Trinajstić information content (AvgIpc) is 2.42. The molecule has 0 atom stereocenters. The number of nitrogen functional groups attached to an aromatic ring is 1. The smallest absolute Gasteiger partial charge is 0.398 e. The Hall–Kier alpha value is -2.68. The van der Waals surface area contributed by atoms with Crippen molar-refractivity contribution in [2.75, 3.05) is 11.1 Å². The van der Waals surface area contributed by atoms with Crippen molar-refractivity contribution >= 4 is 17.1 Å². The summed E-state index contributed by atoms with van der Waals surface area (Å²) >= 11 is 0. The number of benzene rings is 2. The highest BCUT2D eigenvalue weighted by Crippen LogP contribution is 2.32. The molecule has 2 aromatic carbocycles. The standard InChI is InChI=1S/C15H12F3N3/c1-9-2-4-12(7-13(9)20)21-14-5-3-11(15(16,17)18)6-10(14)8-19/h2-7,21H,20H2,1H3. The van der Waals surface area contributed by atoms with Crippen LogP contribution in [0.2, 0.25) is 0 Å². The SMILES string of the molecule is Cc1ccc(Nc2ccc(C(F)(F)F)cc2C#N)cc1N. The predicted molar refractivity (Wildman–Crippen MR) is 75.0 cm³/mol. The molecule has 0 aromatic heterocycles. The van der Waals surface area contributed by atoms with Crippen molar-refractivity contribution in [2.45, 2.75) is 13.1 Å². The Morgan fingerprint density at radius 2 is 1.86 bits per heavy atom. The fraction of sp³-hybridized carbons (Fsp3) is 0.133. The van der Waals surface area contributed by atoms with Crippen molar-refractivity contribution < 1.29 is 13.2 Å². The first-order valence-corrected chi connectivity index (χ1v) is 6.06. The number of alkyl halides is 3. The van der Waals surface area contributed by atoms with Gasteiger partial charge in [0.2, 0.25) is 0 Å². The van der Waals surface area contributed by atoms with Gasteiger partial charge in [-0.15, -0.1) is 0 Å². The molecule has 0 radical (unpaired) electrons. The van der Waals surface area contributed by atoms with Crippen LogP contribution >= 0.6 is 0 Å². The second kappa shape index (κ2) is 5.37. The average molecular weight is 291 g/mol. The fourth-order valence-electron chi connectivity index (χ4n) is 1.80. The van der Waals surface area contributed by atoms with Crippen molar-refractivity contribution in [2.24, 2.45) is 0 Å². The molecule has 21 heavy (non-hydrogen) atoms. The highest BCUT2D eigenvalue weighted by atomic mass is 19.4. The quantitative estimate of drug-likeness (QED) is 0.815. The number of anilines is 3. The molecule has 3 N–H and O–H groups in total. The monoisotopic (exact) mass is 291 g/mol. The summed E-state index contributed by atoms with van der Waals surface area (Å²) in [5.74, 6) is 0. The number of hydrogen-bond donors (Lipinski definition) is 2. The zero-order chi connectivity index (χ0) is 15.6. The van der Waals surface area contributed by atoms with Crippen LogP contribution in [0.3, 0.4) is 0 Å². The van der Waals surface area contributed by atoms with Gasteiger partial charge in [0.1, 0.15) is 6.07 Å². The van der Waals surface area contributed by atoms with Crippen LogP contribution in [0.25, 0.3) is 0 Å². The van der Waals surface area contributed by atoms with Gasteiger partial charge in [-0.2, -0.15) is 18.4 Å². The number of nitrogens with one attached hydrogen (secondary N) is 1. The Labute approximate surface area is 119 Å². The molecule has 0 spiro atoms. The molecule has 2 aromatic rings. The van der Waals surface area contributed by atoms with E-state index in [0.29, 0.717) is 17.1 Å². The highest BCUT2D eigenvalue weighted by Gasteiger charge is 2.31. The molecule has 0 bridgehead atoms. The largest absolute Gasteiger partial charge is 0.416 e. The van der Waals surface area contributed by atoms with E-state index in [0.717, 1.165) is 17.7 Å². The van der Waals surface area contributed by atoms with Gasteiger partial charge in [0.25, 0.3) is 0 Å². The minimum atomic E-state index is -4.47. The van der Waals surface area contributed by atoms with Gasteiger partial charge in [-0.1, -0.05) is 6.07 Å².